The van der Waals surface area contributed by atoms with Gasteiger partial charge >= 0.3 is 5.65 Å². The van der Waals surface area contributed by atoms with Crippen LogP contribution < -0.4 is 4.57 Å². The molecule has 2 nitrogen and oxygen atoms in total. The van der Waals surface area contributed by atoms with E-state index in [1.807, 2.05) is 6.20 Å². The summed E-state index contributed by atoms with van der Waals surface area (Å²) in [6.45, 7) is 8.81. The molecule has 84 valence electrons. The fourth-order valence-electron chi connectivity index (χ4n) is 2.08. The monoisotopic (exact) mass is 215 g/mol. The highest BCUT2D eigenvalue weighted by atomic mass is 15.0. The van der Waals surface area contributed by atoms with Gasteiger partial charge in [0.05, 0.1) is 17.6 Å². The second kappa shape index (κ2) is 4.20. The van der Waals surface area contributed by atoms with E-state index in [-0.39, 0.29) is 0 Å². The van der Waals surface area contributed by atoms with E-state index >= 15 is 0 Å². The van der Waals surface area contributed by atoms with Crippen LogP contribution in [-0.4, -0.2) is 4.98 Å². The molecule has 2 aromatic rings. The van der Waals surface area contributed by atoms with Crippen molar-refractivity contribution in [2.24, 2.45) is 0 Å². The van der Waals surface area contributed by atoms with Gasteiger partial charge in [-0.25, -0.2) is 4.57 Å². The van der Waals surface area contributed by atoms with Gasteiger partial charge in [0.1, 0.15) is 6.20 Å². The summed E-state index contributed by atoms with van der Waals surface area (Å²) in [4.78, 5) is 4.51. The van der Waals surface area contributed by atoms with E-state index in [1.165, 1.54) is 10.9 Å². The molecule has 0 radical (unpaired) electrons. The van der Waals surface area contributed by atoms with E-state index in [4.69, 9.17) is 0 Å². The summed E-state index contributed by atoms with van der Waals surface area (Å²) in [5.74, 6) is 0.536. The highest BCUT2D eigenvalue weighted by Gasteiger charge is 2.15. The van der Waals surface area contributed by atoms with Crippen molar-refractivity contribution in [3.63, 3.8) is 0 Å². The largest absolute Gasteiger partial charge is 0.330 e. The maximum atomic E-state index is 4.51. The van der Waals surface area contributed by atoms with E-state index in [0.717, 1.165) is 5.65 Å². The lowest BCUT2D eigenvalue weighted by molar-refractivity contribution is -0.693. The Hall–Kier alpha value is -1.44. The van der Waals surface area contributed by atoms with Crippen molar-refractivity contribution < 1.29 is 4.57 Å². The second-order valence-electron chi connectivity index (χ2n) is 4.80. The average molecular weight is 215 g/mol. The third-order valence-corrected chi connectivity index (χ3v) is 2.94. The summed E-state index contributed by atoms with van der Waals surface area (Å²) in [6.07, 6.45) is 4.01. The van der Waals surface area contributed by atoms with Crippen LogP contribution in [0.25, 0.3) is 11.0 Å². The van der Waals surface area contributed by atoms with Crippen molar-refractivity contribution in [2.75, 3.05) is 0 Å². The van der Waals surface area contributed by atoms with Gasteiger partial charge < -0.3 is 0 Å². The molecule has 0 saturated heterocycles. The Morgan fingerprint density at radius 1 is 1.12 bits per heavy atom. The van der Waals surface area contributed by atoms with E-state index < -0.39 is 0 Å². The zero-order chi connectivity index (χ0) is 11.7. The van der Waals surface area contributed by atoms with Gasteiger partial charge in [0.25, 0.3) is 0 Å². The molecule has 0 aliphatic carbocycles. The van der Waals surface area contributed by atoms with Crippen LogP contribution in [0.4, 0.5) is 0 Å². The molecule has 0 aliphatic rings. The molecule has 2 aromatic heterocycles. The molecule has 2 heteroatoms. The molecule has 0 fully saturated rings. The Balaban J connectivity index is 2.76. The van der Waals surface area contributed by atoms with Gasteiger partial charge in [0, 0.05) is 0 Å². The summed E-state index contributed by atoms with van der Waals surface area (Å²) in [5.41, 5.74) is 2.46. The van der Waals surface area contributed by atoms with Crippen molar-refractivity contribution in [1.29, 1.82) is 0 Å². The van der Waals surface area contributed by atoms with Crippen molar-refractivity contribution in [1.82, 2.24) is 4.98 Å². The molecule has 2 heterocycles. The third-order valence-electron chi connectivity index (χ3n) is 2.94. The summed E-state index contributed by atoms with van der Waals surface area (Å²) in [5, 5.41) is 1.27. The molecule has 0 spiro atoms. The van der Waals surface area contributed by atoms with E-state index in [2.05, 4.69) is 61.6 Å². The summed E-state index contributed by atoms with van der Waals surface area (Å²) < 4.78 is 2.22. The highest BCUT2D eigenvalue weighted by Crippen LogP contribution is 2.22. The number of pyridine rings is 2. The number of nitrogens with zero attached hydrogens (tertiary/aromatic N) is 2. The van der Waals surface area contributed by atoms with Crippen LogP contribution in [0.5, 0.6) is 0 Å². The van der Waals surface area contributed by atoms with Crippen LogP contribution in [0.1, 0.15) is 45.2 Å². The minimum Gasteiger partial charge on any atom is -0.228 e. The maximum absolute atomic E-state index is 4.51. The van der Waals surface area contributed by atoms with E-state index in [0.29, 0.717) is 12.0 Å². The molecule has 0 aliphatic heterocycles. The molecule has 0 amide bonds. The molecular weight excluding hydrogens is 196 g/mol. The summed E-state index contributed by atoms with van der Waals surface area (Å²) in [7, 11) is 0. The first-order valence-corrected chi connectivity index (χ1v) is 5.90. The van der Waals surface area contributed by atoms with Gasteiger partial charge in [-0.1, -0.05) is 13.8 Å². The fourth-order valence-corrected chi connectivity index (χ4v) is 2.08. The van der Waals surface area contributed by atoms with E-state index in [9.17, 15) is 0 Å². The third kappa shape index (κ3) is 1.80. The Morgan fingerprint density at radius 3 is 2.50 bits per heavy atom. The number of hydrogen-bond acceptors (Lipinski definition) is 1. The van der Waals surface area contributed by atoms with Crippen molar-refractivity contribution in [3.05, 3.63) is 36.2 Å². The van der Waals surface area contributed by atoms with Crippen LogP contribution >= 0.6 is 0 Å². The number of fused-ring (bicyclic) bond motifs is 1. The predicted octanol–water partition coefficient (Wildman–Crippen LogP) is 3.23. The molecule has 16 heavy (non-hydrogen) atoms. The first kappa shape index (κ1) is 11.1. The van der Waals surface area contributed by atoms with Gasteiger partial charge in [-0.15, -0.1) is 0 Å². The zero-order valence-corrected chi connectivity index (χ0v) is 10.4. The quantitative estimate of drug-likeness (QED) is 0.703. The Labute approximate surface area is 97.0 Å². The number of aromatic nitrogens is 2. The Morgan fingerprint density at radius 2 is 1.88 bits per heavy atom. The topological polar surface area (TPSA) is 16.8 Å². The lowest BCUT2D eigenvalue weighted by Gasteiger charge is -2.09. The fraction of sp³-hybridized carbons (Fsp3) is 0.429. The molecule has 2 rings (SSSR count). The van der Waals surface area contributed by atoms with Crippen molar-refractivity contribution in [3.8, 4) is 0 Å². The van der Waals surface area contributed by atoms with Gasteiger partial charge in [0.2, 0.25) is 0 Å². The molecular formula is C14H19N2+. The lowest BCUT2D eigenvalue weighted by atomic mass is 10.0. The van der Waals surface area contributed by atoms with Crippen LogP contribution in [0, 0.1) is 0 Å². The molecule has 0 saturated carbocycles. The SMILES string of the molecule is CC(C)c1ccnc2c1ccc[n+]2C(C)C. The van der Waals surface area contributed by atoms with Gasteiger partial charge in [-0.05, 0) is 48.5 Å². The zero-order valence-electron chi connectivity index (χ0n) is 10.4. The molecule has 0 aromatic carbocycles. The first-order valence-electron chi connectivity index (χ1n) is 5.90. The van der Waals surface area contributed by atoms with Crippen LogP contribution in [0.15, 0.2) is 30.6 Å². The molecule has 0 N–H and O–H groups in total. The highest BCUT2D eigenvalue weighted by molar-refractivity contribution is 5.76. The van der Waals surface area contributed by atoms with Crippen LogP contribution in [-0.2, 0) is 0 Å². The van der Waals surface area contributed by atoms with Crippen molar-refractivity contribution >= 4 is 11.0 Å². The summed E-state index contributed by atoms with van der Waals surface area (Å²) in [6, 6.07) is 6.84. The van der Waals surface area contributed by atoms with Crippen LogP contribution in [0.2, 0.25) is 0 Å². The normalized spacial score (nSPS) is 11.6. The standard InChI is InChI=1S/C14H19N2/c1-10(2)12-7-8-15-14-13(12)6-5-9-16(14)11(3)4/h5-11H,1-4H3/q+1. The number of rotatable bonds is 2. The predicted molar refractivity (Wildman–Crippen MR) is 66.4 cm³/mol. The number of hydrogen-bond donors (Lipinski definition) is 0. The lowest BCUT2D eigenvalue weighted by Crippen LogP contribution is -2.37. The minimum absolute atomic E-state index is 0.443. The summed E-state index contributed by atoms with van der Waals surface area (Å²) >= 11 is 0. The van der Waals surface area contributed by atoms with Gasteiger partial charge in [-0.3, -0.25) is 0 Å². The molecule has 0 atom stereocenters. The second-order valence-corrected chi connectivity index (χ2v) is 4.80. The average Bonchev–Trinajstić information content (AvgIpc) is 2.27. The van der Waals surface area contributed by atoms with Gasteiger partial charge in [0.15, 0.2) is 0 Å². The van der Waals surface area contributed by atoms with E-state index in [1.54, 1.807) is 0 Å². The Kier molecular flexibility index (Phi) is 2.90. The molecule has 0 unspecified atom stereocenters. The van der Waals surface area contributed by atoms with Crippen LogP contribution in [0.3, 0.4) is 0 Å². The van der Waals surface area contributed by atoms with Crippen molar-refractivity contribution in [2.45, 2.75) is 39.7 Å². The Bertz CT molecular complexity index is 454. The maximum Gasteiger partial charge on any atom is 0.330 e. The van der Waals surface area contributed by atoms with Gasteiger partial charge in [-0.2, -0.15) is 0 Å². The molecule has 0 bridgehead atoms. The first-order chi connectivity index (χ1) is 7.61. The minimum atomic E-state index is 0.443. The smallest absolute Gasteiger partial charge is 0.228 e.